The summed E-state index contributed by atoms with van der Waals surface area (Å²) in [5, 5.41) is 14.0. The lowest BCUT2D eigenvalue weighted by atomic mass is 10.0. The molecule has 1 amide bonds. The van der Waals surface area contributed by atoms with Crippen molar-refractivity contribution >= 4 is 5.91 Å². The summed E-state index contributed by atoms with van der Waals surface area (Å²) in [5.41, 5.74) is 1.45. The van der Waals surface area contributed by atoms with Crippen LogP contribution >= 0.6 is 0 Å². The second-order valence-corrected chi connectivity index (χ2v) is 7.25. The van der Waals surface area contributed by atoms with Gasteiger partial charge in [0.05, 0.1) is 6.10 Å². The van der Waals surface area contributed by atoms with E-state index < -0.39 is 0 Å². The number of nitrogens with zero attached hydrogens (tertiary/aromatic N) is 3. The van der Waals surface area contributed by atoms with Crippen molar-refractivity contribution < 1.29 is 14.4 Å². The summed E-state index contributed by atoms with van der Waals surface area (Å²) in [6.07, 6.45) is 4.85. The van der Waals surface area contributed by atoms with Crippen LogP contribution in [0.5, 0.6) is 0 Å². The molecule has 1 aromatic carbocycles. The highest BCUT2D eigenvalue weighted by Gasteiger charge is 2.29. The molecule has 4 rings (SSSR count). The van der Waals surface area contributed by atoms with Gasteiger partial charge in [-0.15, -0.1) is 0 Å². The van der Waals surface area contributed by atoms with Crippen LogP contribution in [0.3, 0.4) is 0 Å². The van der Waals surface area contributed by atoms with Crippen LogP contribution in [0.25, 0.3) is 11.5 Å². The zero-order valence-electron chi connectivity index (χ0n) is 14.4. The van der Waals surface area contributed by atoms with Gasteiger partial charge in [0.15, 0.2) is 5.82 Å². The number of rotatable bonds is 5. The molecule has 25 heavy (non-hydrogen) atoms. The molecule has 1 aromatic heterocycles. The number of amides is 1. The normalized spacial score (nSPS) is 23.0. The molecule has 0 saturated heterocycles. The van der Waals surface area contributed by atoms with Crippen molar-refractivity contribution in [1.29, 1.82) is 0 Å². The Morgan fingerprint density at radius 3 is 2.64 bits per heavy atom. The monoisotopic (exact) mass is 341 g/mol. The molecule has 2 saturated carbocycles. The van der Waals surface area contributed by atoms with E-state index in [1.165, 1.54) is 0 Å². The predicted octanol–water partition coefficient (Wildman–Crippen LogP) is 2.85. The minimum Gasteiger partial charge on any atom is -0.393 e. The molecule has 1 N–H and O–H groups in total. The Hall–Kier alpha value is -2.21. The van der Waals surface area contributed by atoms with E-state index in [1.807, 2.05) is 12.1 Å². The fourth-order valence-electron chi connectivity index (χ4n) is 3.50. The Morgan fingerprint density at radius 2 is 2.00 bits per heavy atom. The number of hydrogen-bond donors (Lipinski definition) is 1. The molecule has 2 aliphatic rings. The average Bonchev–Trinajstić information content (AvgIpc) is 3.23. The molecule has 0 radical (unpaired) electrons. The standard InChI is InChI=1S/C19H23N3O3/c1-22(11-15-3-2-4-16(15)23)19(24)14-9-7-13(8-10-14)18-20-17(21-25-18)12-5-6-12/h7-10,12,15-16,23H,2-6,11H2,1H3. The lowest BCUT2D eigenvalue weighted by Gasteiger charge is -2.23. The van der Waals surface area contributed by atoms with Gasteiger partial charge in [0.2, 0.25) is 0 Å². The van der Waals surface area contributed by atoms with Crippen LogP contribution in [0.1, 0.15) is 54.2 Å². The number of aliphatic hydroxyl groups is 1. The third-order valence-electron chi connectivity index (χ3n) is 5.24. The second-order valence-electron chi connectivity index (χ2n) is 7.25. The summed E-state index contributed by atoms with van der Waals surface area (Å²) < 4.78 is 5.32. The Labute approximate surface area is 146 Å². The van der Waals surface area contributed by atoms with Gasteiger partial charge in [-0.05, 0) is 49.9 Å². The van der Waals surface area contributed by atoms with Gasteiger partial charge in [0, 0.05) is 36.6 Å². The van der Waals surface area contributed by atoms with Gasteiger partial charge >= 0.3 is 0 Å². The molecule has 6 heteroatoms. The number of carbonyl (C=O) groups is 1. The van der Waals surface area contributed by atoms with Gasteiger partial charge in [-0.3, -0.25) is 4.79 Å². The molecule has 0 spiro atoms. The van der Waals surface area contributed by atoms with Crippen molar-refractivity contribution in [1.82, 2.24) is 15.0 Å². The summed E-state index contributed by atoms with van der Waals surface area (Å²) in [5.74, 6) is 1.90. The van der Waals surface area contributed by atoms with Crippen LogP contribution < -0.4 is 0 Å². The number of aliphatic hydroxyl groups excluding tert-OH is 1. The lowest BCUT2D eigenvalue weighted by molar-refractivity contribution is 0.0693. The van der Waals surface area contributed by atoms with Gasteiger partial charge in [0.1, 0.15) is 0 Å². The van der Waals surface area contributed by atoms with Crippen molar-refractivity contribution in [2.45, 2.75) is 44.1 Å². The van der Waals surface area contributed by atoms with Gasteiger partial charge in [-0.25, -0.2) is 0 Å². The maximum atomic E-state index is 12.6. The topological polar surface area (TPSA) is 79.5 Å². The van der Waals surface area contributed by atoms with Crippen LogP contribution in [0, 0.1) is 5.92 Å². The number of hydrogen-bond acceptors (Lipinski definition) is 5. The zero-order chi connectivity index (χ0) is 17.4. The molecular weight excluding hydrogens is 318 g/mol. The van der Waals surface area contributed by atoms with E-state index >= 15 is 0 Å². The molecular formula is C19H23N3O3. The van der Waals surface area contributed by atoms with Crippen LogP contribution in [0.2, 0.25) is 0 Å². The highest BCUT2D eigenvalue weighted by molar-refractivity contribution is 5.94. The lowest BCUT2D eigenvalue weighted by Crippen LogP contribution is -2.34. The Balaban J connectivity index is 1.42. The first-order chi connectivity index (χ1) is 12.1. The fourth-order valence-corrected chi connectivity index (χ4v) is 3.50. The molecule has 2 fully saturated rings. The maximum Gasteiger partial charge on any atom is 0.257 e. The Kier molecular flexibility index (Phi) is 4.29. The molecule has 2 atom stereocenters. The summed E-state index contributed by atoms with van der Waals surface area (Å²) in [6.45, 7) is 0.593. The summed E-state index contributed by atoms with van der Waals surface area (Å²) in [4.78, 5) is 18.7. The van der Waals surface area contributed by atoms with E-state index in [1.54, 1.807) is 24.1 Å². The van der Waals surface area contributed by atoms with Crippen molar-refractivity contribution in [2.75, 3.05) is 13.6 Å². The largest absolute Gasteiger partial charge is 0.393 e. The van der Waals surface area contributed by atoms with E-state index in [0.29, 0.717) is 23.9 Å². The molecule has 2 unspecified atom stereocenters. The van der Waals surface area contributed by atoms with Gasteiger partial charge in [-0.1, -0.05) is 11.6 Å². The number of benzene rings is 1. The minimum absolute atomic E-state index is 0.0325. The first-order valence-corrected chi connectivity index (χ1v) is 8.99. The molecule has 0 bridgehead atoms. The number of aromatic nitrogens is 2. The second kappa shape index (κ2) is 6.59. The van der Waals surface area contributed by atoms with Gasteiger partial charge < -0.3 is 14.5 Å². The highest BCUT2D eigenvalue weighted by Crippen LogP contribution is 2.38. The SMILES string of the molecule is CN(CC1CCCC1O)C(=O)c1ccc(-c2nc(C3CC3)no2)cc1. The first kappa shape index (κ1) is 16.3. The van der Waals surface area contributed by atoms with Crippen LogP contribution in [0.4, 0.5) is 0 Å². The maximum absolute atomic E-state index is 12.6. The van der Waals surface area contributed by atoms with E-state index in [9.17, 15) is 9.90 Å². The third-order valence-corrected chi connectivity index (χ3v) is 5.24. The summed E-state index contributed by atoms with van der Waals surface area (Å²) in [7, 11) is 1.79. The van der Waals surface area contributed by atoms with Crippen molar-refractivity contribution in [3.8, 4) is 11.5 Å². The Bertz CT molecular complexity index is 752. The number of carbonyl (C=O) groups excluding carboxylic acids is 1. The van der Waals surface area contributed by atoms with E-state index in [2.05, 4.69) is 10.1 Å². The summed E-state index contributed by atoms with van der Waals surface area (Å²) >= 11 is 0. The van der Waals surface area contributed by atoms with E-state index in [-0.39, 0.29) is 17.9 Å². The first-order valence-electron chi connectivity index (χ1n) is 8.99. The van der Waals surface area contributed by atoms with Gasteiger partial charge in [-0.2, -0.15) is 4.98 Å². The van der Waals surface area contributed by atoms with E-state index in [0.717, 1.165) is 43.5 Å². The molecule has 2 aromatic rings. The quantitative estimate of drug-likeness (QED) is 0.904. The fraction of sp³-hybridized carbons (Fsp3) is 0.526. The molecule has 132 valence electrons. The zero-order valence-corrected chi connectivity index (χ0v) is 14.4. The molecule has 2 aliphatic carbocycles. The van der Waals surface area contributed by atoms with E-state index in [4.69, 9.17) is 4.52 Å². The highest BCUT2D eigenvalue weighted by atomic mass is 16.5. The van der Waals surface area contributed by atoms with Crippen molar-refractivity contribution in [3.05, 3.63) is 35.7 Å². The Morgan fingerprint density at radius 1 is 1.24 bits per heavy atom. The van der Waals surface area contributed by atoms with Crippen LogP contribution in [-0.2, 0) is 0 Å². The molecule has 6 nitrogen and oxygen atoms in total. The average molecular weight is 341 g/mol. The third kappa shape index (κ3) is 3.44. The van der Waals surface area contributed by atoms with Gasteiger partial charge in [0.25, 0.3) is 11.8 Å². The minimum atomic E-state index is -0.282. The van der Waals surface area contributed by atoms with Crippen molar-refractivity contribution in [2.24, 2.45) is 5.92 Å². The van der Waals surface area contributed by atoms with Crippen LogP contribution in [0.15, 0.2) is 28.8 Å². The van der Waals surface area contributed by atoms with Crippen LogP contribution in [-0.4, -0.2) is 45.8 Å². The molecule has 1 heterocycles. The molecule has 0 aliphatic heterocycles. The summed E-state index contributed by atoms with van der Waals surface area (Å²) in [6, 6.07) is 7.27. The smallest absolute Gasteiger partial charge is 0.257 e. The van der Waals surface area contributed by atoms with Crippen molar-refractivity contribution in [3.63, 3.8) is 0 Å². The predicted molar refractivity (Wildman–Crippen MR) is 92.0 cm³/mol.